The van der Waals surface area contributed by atoms with E-state index in [0.29, 0.717) is 23.1 Å². The van der Waals surface area contributed by atoms with Crippen LogP contribution < -0.4 is 10.2 Å². The van der Waals surface area contributed by atoms with Crippen LogP contribution in [0.1, 0.15) is 24.9 Å². The van der Waals surface area contributed by atoms with Gasteiger partial charge in [-0.2, -0.15) is 13.2 Å². The number of amides is 1. The van der Waals surface area contributed by atoms with Crippen LogP contribution in [0.4, 0.5) is 13.2 Å². The molecule has 0 spiro atoms. The van der Waals surface area contributed by atoms with Gasteiger partial charge in [0, 0.05) is 18.4 Å². The molecule has 1 amide bonds. The molecular weight excluding hydrogens is 321 g/mol. The highest BCUT2D eigenvalue weighted by molar-refractivity contribution is 5.91. The molecule has 1 unspecified atom stereocenters. The smallest absolute Gasteiger partial charge is 0.409 e. The van der Waals surface area contributed by atoms with Crippen molar-refractivity contribution in [1.29, 1.82) is 0 Å². The van der Waals surface area contributed by atoms with Gasteiger partial charge in [0.05, 0.1) is 6.61 Å². The van der Waals surface area contributed by atoms with Crippen LogP contribution in [0.3, 0.4) is 0 Å². The molecule has 3 rings (SSSR count). The third kappa shape index (κ3) is 3.03. The van der Waals surface area contributed by atoms with Crippen molar-refractivity contribution in [1.82, 2.24) is 10.4 Å². The highest BCUT2D eigenvalue weighted by Crippen LogP contribution is 2.41. The Morgan fingerprint density at radius 2 is 1.92 bits per heavy atom. The van der Waals surface area contributed by atoms with Crippen LogP contribution in [-0.4, -0.2) is 30.2 Å². The van der Waals surface area contributed by atoms with Gasteiger partial charge in [0.2, 0.25) is 5.91 Å². The first-order valence-electron chi connectivity index (χ1n) is 7.69. The normalized spacial score (nSPS) is 17.1. The lowest BCUT2D eigenvalue weighted by Crippen LogP contribution is -2.43. The van der Waals surface area contributed by atoms with Crippen LogP contribution in [0.5, 0.6) is 5.75 Å². The molecular formula is C17H17F3N2O2. The van der Waals surface area contributed by atoms with Crippen molar-refractivity contribution in [3.63, 3.8) is 0 Å². The Labute approximate surface area is 137 Å². The minimum Gasteiger partial charge on any atom is -0.493 e. The van der Waals surface area contributed by atoms with Gasteiger partial charge in [-0.05, 0) is 23.9 Å². The number of hydrogen-bond acceptors (Lipinski definition) is 3. The van der Waals surface area contributed by atoms with E-state index in [-0.39, 0.29) is 18.5 Å². The predicted octanol–water partition coefficient (Wildman–Crippen LogP) is 3.58. The Balaban J connectivity index is 2.14. The van der Waals surface area contributed by atoms with Crippen LogP contribution in [0.15, 0.2) is 36.4 Å². The molecule has 0 bridgehead atoms. The zero-order valence-electron chi connectivity index (χ0n) is 13.1. The number of rotatable bonds is 4. The second-order valence-corrected chi connectivity index (χ2v) is 5.55. The van der Waals surface area contributed by atoms with Crippen LogP contribution >= 0.6 is 0 Å². The maximum Gasteiger partial charge on any atom is 0.409 e. The molecule has 7 heteroatoms. The molecule has 0 saturated carbocycles. The van der Waals surface area contributed by atoms with Crippen molar-refractivity contribution >= 4 is 16.7 Å². The minimum atomic E-state index is -4.52. The van der Waals surface area contributed by atoms with E-state index < -0.39 is 18.1 Å². The number of carbonyl (C=O) groups is 1. The van der Waals surface area contributed by atoms with Gasteiger partial charge in [-0.3, -0.25) is 10.2 Å². The molecule has 1 saturated heterocycles. The molecule has 0 aromatic heterocycles. The molecule has 1 aliphatic heterocycles. The second-order valence-electron chi connectivity index (χ2n) is 5.55. The van der Waals surface area contributed by atoms with Gasteiger partial charge in [-0.1, -0.05) is 30.3 Å². The largest absolute Gasteiger partial charge is 0.493 e. The zero-order valence-corrected chi connectivity index (χ0v) is 13.1. The van der Waals surface area contributed by atoms with E-state index >= 15 is 0 Å². The number of nitrogens with zero attached hydrogens (tertiary/aromatic N) is 1. The molecule has 24 heavy (non-hydrogen) atoms. The van der Waals surface area contributed by atoms with Crippen LogP contribution in [-0.2, 0) is 4.79 Å². The third-order valence-corrected chi connectivity index (χ3v) is 3.98. The van der Waals surface area contributed by atoms with Gasteiger partial charge in [-0.15, -0.1) is 0 Å². The molecule has 2 aromatic carbocycles. The van der Waals surface area contributed by atoms with Crippen molar-refractivity contribution in [3.05, 3.63) is 42.0 Å². The maximum absolute atomic E-state index is 13.7. The standard InChI is InChI=1S/C17H17F3N2O2/c1-2-24-14-8-4-5-11-12(14)6-3-7-13(11)16(17(18,19)20)22-10-9-15(23)21-22/h3-8,16H,2,9-10H2,1H3,(H,21,23). The number of ether oxygens (including phenoxy) is 1. The highest BCUT2D eigenvalue weighted by Gasteiger charge is 2.47. The van der Waals surface area contributed by atoms with E-state index in [1.807, 2.05) is 6.92 Å². The average Bonchev–Trinajstić information content (AvgIpc) is 2.93. The van der Waals surface area contributed by atoms with E-state index in [0.717, 1.165) is 5.01 Å². The summed E-state index contributed by atoms with van der Waals surface area (Å²) in [6.07, 6.45) is -4.46. The number of hydrogen-bond donors (Lipinski definition) is 1. The van der Waals surface area contributed by atoms with E-state index in [9.17, 15) is 18.0 Å². The number of nitrogens with one attached hydrogen (secondary N) is 1. The van der Waals surface area contributed by atoms with Gasteiger partial charge >= 0.3 is 6.18 Å². The molecule has 128 valence electrons. The van der Waals surface area contributed by atoms with Gasteiger partial charge in [0.1, 0.15) is 5.75 Å². The number of hydrazine groups is 1. The Bertz CT molecular complexity index is 761. The summed E-state index contributed by atoms with van der Waals surface area (Å²) in [6.45, 7) is 2.26. The van der Waals surface area contributed by atoms with Crippen LogP contribution in [0.25, 0.3) is 10.8 Å². The average molecular weight is 338 g/mol. The molecule has 1 N–H and O–H groups in total. The molecule has 1 aliphatic rings. The number of halogens is 3. The van der Waals surface area contributed by atoms with Crippen molar-refractivity contribution in [2.45, 2.75) is 25.6 Å². The monoisotopic (exact) mass is 338 g/mol. The maximum atomic E-state index is 13.7. The van der Waals surface area contributed by atoms with E-state index in [4.69, 9.17) is 4.74 Å². The first-order valence-corrected chi connectivity index (χ1v) is 7.69. The number of benzene rings is 2. The summed E-state index contributed by atoms with van der Waals surface area (Å²) in [5.41, 5.74) is 2.41. The summed E-state index contributed by atoms with van der Waals surface area (Å²) < 4.78 is 46.7. The minimum absolute atomic E-state index is 0.0184. The Morgan fingerprint density at radius 3 is 2.54 bits per heavy atom. The predicted molar refractivity (Wildman–Crippen MR) is 83.4 cm³/mol. The summed E-state index contributed by atoms with van der Waals surface area (Å²) in [5.74, 6) is 0.141. The lowest BCUT2D eigenvalue weighted by molar-refractivity contribution is -0.190. The fraction of sp³-hybridized carbons (Fsp3) is 0.353. The summed E-state index contributed by atoms with van der Waals surface area (Å²) in [6, 6.07) is 7.91. The van der Waals surface area contributed by atoms with E-state index in [1.54, 1.807) is 30.3 Å². The third-order valence-electron chi connectivity index (χ3n) is 3.98. The van der Waals surface area contributed by atoms with Gasteiger partial charge in [0.15, 0.2) is 6.04 Å². The SMILES string of the molecule is CCOc1cccc2c(C(N3CCC(=O)N3)C(F)(F)F)cccc12. The number of alkyl halides is 3. The topological polar surface area (TPSA) is 41.6 Å². The lowest BCUT2D eigenvalue weighted by atomic mass is 9.97. The molecule has 1 fully saturated rings. The Morgan fingerprint density at radius 1 is 1.21 bits per heavy atom. The summed E-state index contributed by atoms with van der Waals surface area (Å²) >= 11 is 0. The van der Waals surface area contributed by atoms with Crippen molar-refractivity contribution in [3.8, 4) is 5.75 Å². The molecule has 1 atom stereocenters. The molecule has 1 heterocycles. The lowest BCUT2D eigenvalue weighted by Gasteiger charge is -2.30. The Hall–Kier alpha value is -2.28. The van der Waals surface area contributed by atoms with Crippen molar-refractivity contribution in [2.24, 2.45) is 0 Å². The van der Waals surface area contributed by atoms with Crippen LogP contribution in [0, 0.1) is 0 Å². The summed E-state index contributed by atoms with van der Waals surface area (Å²) in [4.78, 5) is 11.4. The Kier molecular flexibility index (Phi) is 4.36. The quantitative estimate of drug-likeness (QED) is 0.926. The van der Waals surface area contributed by atoms with Crippen molar-refractivity contribution < 1.29 is 22.7 Å². The fourth-order valence-corrected chi connectivity index (χ4v) is 3.03. The van der Waals surface area contributed by atoms with Crippen LogP contribution in [0.2, 0.25) is 0 Å². The molecule has 0 radical (unpaired) electrons. The number of fused-ring (bicyclic) bond motifs is 1. The van der Waals surface area contributed by atoms with Gasteiger partial charge in [-0.25, -0.2) is 5.01 Å². The first-order chi connectivity index (χ1) is 11.4. The van der Waals surface area contributed by atoms with Crippen molar-refractivity contribution in [2.75, 3.05) is 13.2 Å². The molecule has 2 aromatic rings. The summed E-state index contributed by atoms with van der Waals surface area (Å²) in [5, 5.41) is 2.05. The molecule has 0 aliphatic carbocycles. The van der Waals surface area contributed by atoms with Gasteiger partial charge < -0.3 is 4.74 Å². The fourth-order valence-electron chi connectivity index (χ4n) is 3.03. The zero-order chi connectivity index (χ0) is 17.3. The second kappa shape index (κ2) is 6.32. The summed E-state index contributed by atoms with van der Waals surface area (Å²) in [7, 11) is 0. The molecule has 4 nitrogen and oxygen atoms in total. The van der Waals surface area contributed by atoms with E-state index in [2.05, 4.69) is 5.43 Å². The first kappa shape index (κ1) is 16.6. The van der Waals surface area contributed by atoms with Gasteiger partial charge in [0.25, 0.3) is 0 Å². The highest BCUT2D eigenvalue weighted by atomic mass is 19.4. The number of carbonyl (C=O) groups excluding carboxylic acids is 1. The van der Waals surface area contributed by atoms with E-state index in [1.165, 1.54) is 6.07 Å².